The van der Waals surface area contributed by atoms with E-state index in [1.807, 2.05) is 45.4 Å². The monoisotopic (exact) mass is 385 g/mol. The molecule has 0 bridgehead atoms. The minimum absolute atomic E-state index is 0.0276. The molecule has 0 N–H and O–H groups in total. The van der Waals surface area contributed by atoms with Crippen LogP contribution < -0.4 is 9.47 Å². The zero-order valence-electron chi connectivity index (χ0n) is 17.2. The van der Waals surface area contributed by atoms with Crippen LogP contribution in [0, 0.1) is 13.8 Å². The number of ether oxygens (including phenoxy) is 3. The summed E-state index contributed by atoms with van der Waals surface area (Å²) in [6.07, 6.45) is 2.92. The van der Waals surface area contributed by atoms with E-state index in [1.165, 1.54) is 6.08 Å². The van der Waals surface area contributed by atoms with Gasteiger partial charge in [-0.25, -0.2) is 4.79 Å². The third-order valence-electron chi connectivity index (χ3n) is 4.38. The van der Waals surface area contributed by atoms with Gasteiger partial charge in [0, 0.05) is 30.1 Å². The standard InChI is InChI=1S/C22H27NO5/c1-14(2)28-20-9-7-17(12-21(20)26-6)8-10-22(25)27-13-19(24)18-11-15(3)23(5)16(18)4/h7-12,14H,13H2,1-6H3/b10-8+. The summed E-state index contributed by atoms with van der Waals surface area (Å²) >= 11 is 0. The molecule has 0 fully saturated rings. The van der Waals surface area contributed by atoms with E-state index in [0.29, 0.717) is 17.1 Å². The van der Waals surface area contributed by atoms with E-state index >= 15 is 0 Å². The molecule has 1 heterocycles. The molecule has 0 spiro atoms. The molecule has 0 radical (unpaired) electrons. The first-order chi connectivity index (χ1) is 13.2. The highest BCUT2D eigenvalue weighted by molar-refractivity contribution is 6.00. The molecule has 1 aromatic heterocycles. The Balaban J connectivity index is 1.98. The van der Waals surface area contributed by atoms with Gasteiger partial charge in [0.2, 0.25) is 5.78 Å². The number of aromatic nitrogens is 1. The summed E-state index contributed by atoms with van der Waals surface area (Å²) in [5.41, 5.74) is 3.16. The molecule has 1 aromatic carbocycles. The van der Waals surface area contributed by atoms with Crippen molar-refractivity contribution in [1.82, 2.24) is 4.57 Å². The van der Waals surface area contributed by atoms with Gasteiger partial charge in [-0.2, -0.15) is 0 Å². The summed E-state index contributed by atoms with van der Waals surface area (Å²) in [5.74, 6) is 0.408. The Labute approximate surface area is 165 Å². The molecule has 0 unspecified atom stereocenters. The summed E-state index contributed by atoms with van der Waals surface area (Å²) in [4.78, 5) is 24.2. The highest BCUT2D eigenvalue weighted by atomic mass is 16.5. The number of carbonyl (C=O) groups is 2. The van der Waals surface area contributed by atoms with E-state index in [2.05, 4.69) is 0 Å². The van der Waals surface area contributed by atoms with E-state index in [-0.39, 0.29) is 18.5 Å². The first-order valence-electron chi connectivity index (χ1n) is 9.08. The molecular formula is C22H27NO5. The van der Waals surface area contributed by atoms with E-state index in [1.54, 1.807) is 31.4 Å². The van der Waals surface area contributed by atoms with Crippen LogP contribution in [0.25, 0.3) is 6.08 Å². The Hall–Kier alpha value is -3.02. The first-order valence-corrected chi connectivity index (χ1v) is 9.08. The summed E-state index contributed by atoms with van der Waals surface area (Å²) in [6.45, 7) is 7.36. The van der Waals surface area contributed by atoms with Gasteiger partial charge in [0.05, 0.1) is 13.2 Å². The summed E-state index contributed by atoms with van der Waals surface area (Å²) < 4.78 is 18.0. The molecule has 0 atom stereocenters. The quantitative estimate of drug-likeness (QED) is 0.392. The van der Waals surface area contributed by atoms with Crippen molar-refractivity contribution in [2.24, 2.45) is 7.05 Å². The zero-order valence-corrected chi connectivity index (χ0v) is 17.2. The predicted molar refractivity (Wildman–Crippen MR) is 108 cm³/mol. The third kappa shape index (κ3) is 5.25. The van der Waals surface area contributed by atoms with Gasteiger partial charge in [0.1, 0.15) is 0 Å². The number of nitrogens with zero attached hydrogens (tertiary/aromatic N) is 1. The minimum atomic E-state index is -0.583. The maximum atomic E-state index is 12.3. The average Bonchev–Trinajstić information content (AvgIpc) is 2.92. The van der Waals surface area contributed by atoms with Crippen LogP contribution in [0.3, 0.4) is 0 Å². The second kappa shape index (κ2) is 9.26. The van der Waals surface area contributed by atoms with Crippen LogP contribution in [-0.4, -0.2) is 36.1 Å². The molecule has 0 aliphatic rings. The van der Waals surface area contributed by atoms with Gasteiger partial charge in [-0.15, -0.1) is 0 Å². The van der Waals surface area contributed by atoms with Crippen LogP contribution in [0.15, 0.2) is 30.3 Å². The number of ketones is 1. The highest BCUT2D eigenvalue weighted by Crippen LogP contribution is 2.29. The van der Waals surface area contributed by atoms with Crippen LogP contribution >= 0.6 is 0 Å². The lowest BCUT2D eigenvalue weighted by Gasteiger charge is -2.13. The molecule has 28 heavy (non-hydrogen) atoms. The van der Waals surface area contributed by atoms with Gasteiger partial charge < -0.3 is 18.8 Å². The van der Waals surface area contributed by atoms with Crippen LogP contribution in [0.4, 0.5) is 0 Å². The Bertz CT molecular complexity index is 893. The van der Waals surface area contributed by atoms with Crippen LogP contribution in [0.2, 0.25) is 0 Å². The van der Waals surface area contributed by atoms with Gasteiger partial charge in [-0.3, -0.25) is 4.79 Å². The van der Waals surface area contributed by atoms with Crippen molar-refractivity contribution in [3.8, 4) is 11.5 Å². The normalized spacial score (nSPS) is 11.1. The average molecular weight is 385 g/mol. The number of rotatable bonds is 8. The van der Waals surface area contributed by atoms with Gasteiger partial charge in [0.15, 0.2) is 18.1 Å². The number of esters is 1. The Morgan fingerprint density at radius 2 is 1.86 bits per heavy atom. The van der Waals surface area contributed by atoms with Gasteiger partial charge in [-0.05, 0) is 57.5 Å². The Morgan fingerprint density at radius 1 is 1.14 bits per heavy atom. The second-order valence-corrected chi connectivity index (χ2v) is 6.78. The molecule has 0 amide bonds. The molecule has 6 nitrogen and oxygen atoms in total. The van der Waals surface area contributed by atoms with Crippen molar-refractivity contribution in [1.29, 1.82) is 0 Å². The predicted octanol–water partition coefficient (Wildman–Crippen LogP) is 3.88. The fourth-order valence-electron chi connectivity index (χ4n) is 2.70. The van der Waals surface area contributed by atoms with Gasteiger partial charge >= 0.3 is 5.97 Å². The second-order valence-electron chi connectivity index (χ2n) is 6.78. The van der Waals surface area contributed by atoms with Gasteiger partial charge in [0.25, 0.3) is 0 Å². The van der Waals surface area contributed by atoms with Gasteiger partial charge in [-0.1, -0.05) is 6.07 Å². The van der Waals surface area contributed by atoms with E-state index in [0.717, 1.165) is 17.0 Å². The molecule has 2 rings (SSSR count). The number of hydrogen-bond acceptors (Lipinski definition) is 5. The van der Waals surface area contributed by atoms with Crippen molar-refractivity contribution in [2.45, 2.75) is 33.8 Å². The fourth-order valence-corrected chi connectivity index (χ4v) is 2.70. The van der Waals surface area contributed by atoms with Crippen molar-refractivity contribution in [3.05, 3.63) is 52.9 Å². The van der Waals surface area contributed by atoms with Crippen LogP contribution in [0.5, 0.6) is 11.5 Å². The lowest BCUT2D eigenvalue weighted by atomic mass is 10.1. The molecule has 6 heteroatoms. The minimum Gasteiger partial charge on any atom is -0.493 e. The number of carbonyl (C=O) groups excluding carboxylic acids is 2. The third-order valence-corrected chi connectivity index (χ3v) is 4.38. The summed E-state index contributed by atoms with van der Waals surface area (Å²) in [6, 6.07) is 7.16. The maximum Gasteiger partial charge on any atom is 0.331 e. The number of methoxy groups -OCH3 is 1. The first kappa shape index (κ1) is 21.3. The number of benzene rings is 1. The zero-order chi connectivity index (χ0) is 20.8. The largest absolute Gasteiger partial charge is 0.493 e. The fraction of sp³-hybridized carbons (Fsp3) is 0.364. The lowest BCUT2D eigenvalue weighted by Crippen LogP contribution is -2.13. The number of hydrogen-bond donors (Lipinski definition) is 0. The molecule has 0 aliphatic carbocycles. The van der Waals surface area contributed by atoms with Crippen molar-refractivity contribution in [2.75, 3.05) is 13.7 Å². The van der Waals surface area contributed by atoms with Crippen molar-refractivity contribution < 1.29 is 23.8 Å². The Kier molecular flexibility index (Phi) is 7.04. The SMILES string of the molecule is COc1cc(/C=C/C(=O)OCC(=O)c2cc(C)n(C)c2C)ccc1OC(C)C. The molecular weight excluding hydrogens is 358 g/mol. The summed E-state index contributed by atoms with van der Waals surface area (Å²) in [7, 11) is 3.45. The molecule has 150 valence electrons. The van der Waals surface area contributed by atoms with Crippen molar-refractivity contribution >= 4 is 17.8 Å². The van der Waals surface area contributed by atoms with E-state index < -0.39 is 5.97 Å². The van der Waals surface area contributed by atoms with E-state index in [4.69, 9.17) is 14.2 Å². The highest BCUT2D eigenvalue weighted by Gasteiger charge is 2.15. The molecule has 2 aromatic rings. The van der Waals surface area contributed by atoms with Crippen molar-refractivity contribution in [3.63, 3.8) is 0 Å². The lowest BCUT2D eigenvalue weighted by molar-refractivity contribution is -0.136. The number of Topliss-reactive ketones (excluding diaryl/α,β-unsaturated/α-hetero) is 1. The molecule has 0 saturated heterocycles. The summed E-state index contributed by atoms with van der Waals surface area (Å²) in [5, 5.41) is 0. The van der Waals surface area contributed by atoms with Crippen LogP contribution in [-0.2, 0) is 16.6 Å². The molecule has 0 aliphatic heterocycles. The smallest absolute Gasteiger partial charge is 0.331 e. The topological polar surface area (TPSA) is 66.8 Å². The number of aryl methyl sites for hydroxylation is 1. The molecule has 0 saturated carbocycles. The Morgan fingerprint density at radius 3 is 2.43 bits per heavy atom. The maximum absolute atomic E-state index is 12.3. The van der Waals surface area contributed by atoms with Crippen LogP contribution in [0.1, 0.15) is 41.2 Å². The van der Waals surface area contributed by atoms with E-state index in [9.17, 15) is 9.59 Å².